The second-order valence-corrected chi connectivity index (χ2v) is 6.86. The standard InChI is InChI=1S/C21H23NOS/c23-16-18-8-2-4-12-21(18)20-11-3-1-7-17(20)9-5-13-22-15-19-10-6-14-24-19/h1-4,6-8,10-12,14,22-23H,5,9,13,15-16H2. The van der Waals surface area contributed by atoms with Crippen LogP contribution in [0.15, 0.2) is 66.0 Å². The molecule has 0 unspecified atom stereocenters. The zero-order chi connectivity index (χ0) is 16.6. The molecule has 0 spiro atoms. The third-order valence-electron chi connectivity index (χ3n) is 4.17. The third kappa shape index (κ3) is 4.32. The van der Waals surface area contributed by atoms with Crippen LogP contribution >= 0.6 is 11.3 Å². The summed E-state index contributed by atoms with van der Waals surface area (Å²) in [4.78, 5) is 1.38. The quantitative estimate of drug-likeness (QED) is 0.587. The average molecular weight is 337 g/mol. The van der Waals surface area contributed by atoms with Gasteiger partial charge in [-0.2, -0.15) is 0 Å². The van der Waals surface area contributed by atoms with Crippen LogP contribution in [0, 0.1) is 0 Å². The van der Waals surface area contributed by atoms with E-state index in [2.05, 4.69) is 53.2 Å². The van der Waals surface area contributed by atoms with E-state index in [1.807, 2.05) is 18.2 Å². The molecule has 0 saturated carbocycles. The van der Waals surface area contributed by atoms with Crippen LogP contribution < -0.4 is 5.32 Å². The summed E-state index contributed by atoms with van der Waals surface area (Å²) in [6.07, 6.45) is 2.14. The van der Waals surface area contributed by atoms with Gasteiger partial charge in [-0.15, -0.1) is 11.3 Å². The topological polar surface area (TPSA) is 32.3 Å². The van der Waals surface area contributed by atoms with E-state index in [4.69, 9.17) is 0 Å². The molecule has 124 valence electrons. The van der Waals surface area contributed by atoms with Gasteiger partial charge in [0.1, 0.15) is 0 Å². The van der Waals surface area contributed by atoms with E-state index in [-0.39, 0.29) is 6.61 Å². The molecule has 2 N–H and O–H groups in total. The van der Waals surface area contributed by atoms with Crippen molar-refractivity contribution in [3.63, 3.8) is 0 Å². The minimum atomic E-state index is 0.0763. The number of aliphatic hydroxyl groups excluding tert-OH is 1. The first-order valence-corrected chi connectivity index (χ1v) is 9.26. The van der Waals surface area contributed by atoms with Gasteiger partial charge in [-0.05, 0) is 53.1 Å². The maximum Gasteiger partial charge on any atom is 0.0687 e. The smallest absolute Gasteiger partial charge is 0.0687 e. The van der Waals surface area contributed by atoms with Crippen LogP contribution in [0.25, 0.3) is 11.1 Å². The molecule has 1 heterocycles. The lowest BCUT2D eigenvalue weighted by molar-refractivity contribution is 0.282. The highest BCUT2D eigenvalue weighted by Gasteiger charge is 2.08. The first-order valence-electron chi connectivity index (χ1n) is 8.38. The van der Waals surface area contributed by atoms with Gasteiger partial charge in [0.15, 0.2) is 0 Å². The number of nitrogens with one attached hydrogen (secondary N) is 1. The summed E-state index contributed by atoms with van der Waals surface area (Å²) >= 11 is 1.79. The molecule has 3 rings (SSSR count). The van der Waals surface area contributed by atoms with Crippen LogP contribution in [0.2, 0.25) is 0 Å². The van der Waals surface area contributed by atoms with Crippen molar-refractivity contribution >= 4 is 11.3 Å². The van der Waals surface area contributed by atoms with E-state index in [0.29, 0.717) is 0 Å². The van der Waals surface area contributed by atoms with Crippen molar-refractivity contribution < 1.29 is 5.11 Å². The molecule has 0 amide bonds. The van der Waals surface area contributed by atoms with Gasteiger partial charge in [0, 0.05) is 11.4 Å². The minimum absolute atomic E-state index is 0.0763. The van der Waals surface area contributed by atoms with Crippen molar-refractivity contribution in [3.05, 3.63) is 82.0 Å². The molecule has 2 aromatic carbocycles. The SMILES string of the molecule is OCc1ccccc1-c1ccccc1CCCNCc1cccs1. The number of hydrogen-bond acceptors (Lipinski definition) is 3. The second kappa shape index (κ2) is 8.78. The number of hydrogen-bond donors (Lipinski definition) is 2. The van der Waals surface area contributed by atoms with Crippen molar-refractivity contribution in [1.82, 2.24) is 5.32 Å². The zero-order valence-electron chi connectivity index (χ0n) is 13.7. The Balaban J connectivity index is 1.62. The maximum absolute atomic E-state index is 9.60. The van der Waals surface area contributed by atoms with E-state index < -0.39 is 0 Å². The lowest BCUT2D eigenvalue weighted by atomic mass is 9.93. The summed E-state index contributed by atoms with van der Waals surface area (Å²) in [5.74, 6) is 0. The molecule has 0 fully saturated rings. The Morgan fingerprint density at radius 1 is 0.833 bits per heavy atom. The first kappa shape index (κ1) is 16.9. The number of rotatable bonds is 8. The molecule has 1 aromatic heterocycles. The van der Waals surface area contributed by atoms with Crippen LogP contribution in [0.5, 0.6) is 0 Å². The monoisotopic (exact) mass is 337 g/mol. The highest BCUT2D eigenvalue weighted by molar-refractivity contribution is 7.09. The Morgan fingerprint density at radius 3 is 2.25 bits per heavy atom. The molecular formula is C21H23NOS. The van der Waals surface area contributed by atoms with Gasteiger partial charge in [0.2, 0.25) is 0 Å². The Labute approximate surface area is 147 Å². The minimum Gasteiger partial charge on any atom is -0.392 e. The summed E-state index contributed by atoms with van der Waals surface area (Å²) in [5, 5.41) is 15.2. The van der Waals surface area contributed by atoms with Gasteiger partial charge in [-0.25, -0.2) is 0 Å². The molecule has 2 nitrogen and oxygen atoms in total. The summed E-state index contributed by atoms with van der Waals surface area (Å²) < 4.78 is 0. The largest absolute Gasteiger partial charge is 0.392 e. The van der Waals surface area contributed by atoms with Gasteiger partial charge >= 0.3 is 0 Å². The molecule has 0 atom stereocenters. The zero-order valence-corrected chi connectivity index (χ0v) is 14.6. The maximum atomic E-state index is 9.60. The molecule has 0 aliphatic heterocycles. The molecular weight excluding hydrogens is 314 g/mol. The highest BCUT2D eigenvalue weighted by Crippen LogP contribution is 2.28. The molecule has 3 aromatic rings. The van der Waals surface area contributed by atoms with Crippen LogP contribution in [-0.4, -0.2) is 11.7 Å². The summed E-state index contributed by atoms with van der Waals surface area (Å²) in [6, 6.07) is 20.9. The summed E-state index contributed by atoms with van der Waals surface area (Å²) in [6.45, 7) is 2.04. The van der Waals surface area contributed by atoms with Crippen LogP contribution in [0.3, 0.4) is 0 Å². The fourth-order valence-corrected chi connectivity index (χ4v) is 3.63. The Morgan fingerprint density at radius 2 is 1.54 bits per heavy atom. The van der Waals surface area contributed by atoms with Gasteiger partial charge in [0.25, 0.3) is 0 Å². The third-order valence-corrected chi connectivity index (χ3v) is 5.05. The Bertz CT molecular complexity index is 752. The predicted molar refractivity (Wildman–Crippen MR) is 102 cm³/mol. The van der Waals surface area contributed by atoms with Gasteiger partial charge < -0.3 is 10.4 Å². The van der Waals surface area contributed by atoms with Crippen molar-refractivity contribution in [3.8, 4) is 11.1 Å². The van der Waals surface area contributed by atoms with Crippen molar-refractivity contribution in [2.75, 3.05) is 6.54 Å². The lowest BCUT2D eigenvalue weighted by Gasteiger charge is -2.13. The Hall–Kier alpha value is -1.94. The van der Waals surface area contributed by atoms with E-state index in [0.717, 1.165) is 37.1 Å². The van der Waals surface area contributed by atoms with E-state index >= 15 is 0 Å². The molecule has 0 bridgehead atoms. The number of benzene rings is 2. The number of aliphatic hydroxyl groups is 1. The molecule has 0 radical (unpaired) electrons. The first-order chi connectivity index (χ1) is 11.9. The van der Waals surface area contributed by atoms with Crippen LogP contribution in [-0.2, 0) is 19.6 Å². The fraction of sp³-hybridized carbons (Fsp3) is 0.238. The molecule has 0 aliphatic rings. The summed E-state index contributed by atoms with van der Waals surface area (Å²) in [5.41, 5.74) is 4.71. The summed E-state index contributed by atoms with van der Waals surface area (Å²) in [7, 11) is 0. The van der Waals surface area contributed by atoms with Gasteiger partial charge in [-0.3, -0.25) is 0 Å². The number of aryl methyl sites for hydroxylation is 1. The highest BCUT2D eigenvalue weighted by atomic mass is 32.1. The van der Waals surface area contributed by atoms with Crippen LogP contribution in [0.1, 0.15) is 22.4 Å². The van der Waals surface area contributed by atoms with Crippen LogP contribution in [0.4, 0.5) is 0 Å². The second-order valence-electron chi connectivity index (χ2n) is 5.83. The van der Waals surface area contributed by atoms with E-state index in [1.54, 1.807) is 11.3 Å². The predicted octanol–water partition coefficient (Wildman–Crippen LogP) is 4.63. The molecule has 0 aliphatic carbocycles. The van der Waals surface area contributed by atoms with E-state index in [1.165, 1.54) is 16.0 Å². The normalized spacial score (nSPS) is 10.9. The van der Waals surface area contributed by atoms with Crippen molar-refractivity contribution in [2.24, 2.45) is 0 Å². The van der Waals surface area contributed by atoms with Crippen molar-refractivity contribution in [2.45, 2.75) is 26.0 Å². The Kier molecular flexibility index (Phi) is 6.19. The molecule has 3 heteroatoms. The van der Waals surface area contributed by atoms with Gasteiger partial charge in [-0.1, -0.05) is 54.6 Å². The van der Waals surface area contributed by atoms with Crippen molar-refractivity contribution in [1.29, 1.82) is 0 Å². The molecule has 0 saturated heterocycles. The lowest BCUT2D eigenvalue weighted by Crippen LogP contribution is -2.14. The van der Waals surface area contributed by atoms with E-state index in [9.17, 15) is 5.11 Å². The van der Waals surface area contributed by atoms with Gasteiger partial charge in [0.05, 0.1) is 6.61 Å². The average Bonchev–Trinajstić information content (AvgIpc) is 3.15. The fourth-order valence-electron chi connectivity index (χ4n) is 2.95. The molecule has 24 heavy (non-hydrogen) atoms. The number of thiophene rings is 1.